The highest BCUT2D eigenvalue weighted by atomic mass is 32.2. The molecule has 0 aliphatic carbocycles. The first-order valence-electron chi connectivity index (χ1n) is 5.88. The van der Waals surface area contributed by atoms with E-state index in [0.717, 1.165) is 6.07 Å². The molecule has 0 saturated heterocycles. The van der Waals surface area contributed by atoms with Gasteiger partial charge in [-0.25, -0.2) is 12.8 Å². The second-order valence-electron chi connectivity index (χ2n) is 4.18. The van der Waals surface area contributed by atoms with Gasteiger partial charge < -0.3 is 15.8 Å². The minimum Gasteiger partial charge on any atom is -0.399 e. The third kappa shape index (κ3) is 5.54. The molecule has 0 saturated carbocycles. The summed E-state index contributed by atoms with van der Waals surface area (Å²) in [5.41, 5.74) is 5.71. The quantitative estimate of drug-likeness (QED) is 0.726. The highest BCUT2D eigenvalue weighted by Gasteiger charge is 2.14. The van der Waals surface area contributed by atoms with Crippen LogP contribution in [0.4, 0.5) is 15.8 Å². The Bertz CT molecular complexity index is 575. The molecule has 0 fully saturated rings. The van der Waals surface area contributed by atoms with E-state index in [2.05, 4.69) is 10.1 Å². The summed E-state index contributed by atoms with van der Waals surface area (Å²) in [6, 6.07) is 3.76. The molecule has 1 aromatic carbocycles. The van der Waals surface area contributed by atoms with Crippen molar-refractivity contribution in [3.05, 3.63) is 24.0 Å². The summed E-state index contributed by atoms with van der Waals surface area (Å²) in [6.07, 6.45) is -0.250. The van der Waals surface area contributed by atoms with Crippen molar-refractivity contribution in [2.75, 3.05) is 36.3 Å². The maximum atomic E-state index is 13.4. The van der Waals surface area contributed by atoms with Crippen molar-refractivity contribution in [2.24, 2.45) is 0 Å². The number of ether oxygens (including phenoxy) is 1. The first kappa shape index (κ1) is 16.4. The summed E-state index contributed by atoms with van der Waals surface area (Å²) in [7, 11) is -1.96. The van der Waals surface area contributed by atoms with Crippen molar-refractivity contribution < 1.29 is 22.3 Å². The van der Waals surface area contributed by atoms with Gasteiger partial charge in [-0.15, -0.1) is 0 Å². The lowest BCUT2D eigenvalue weighted by Gasteiger charge is -2.07. The lowest BCUT2D eigenvalue weighted by molar-refractivity contribution is -0.115. The molecule has 1 rings (SSSR count). The Hall–Kier alpha value is -1.67. The van der Waals surface area contributed by atoms with E-state index in [9.17, 15) is 17.6 Å². The van der Waals surface area contributed by atoms with Crippen molar-refractivity contribution in [3.63, 3.8) is 0 Å². The van der Waals surface area contributed by atoms with E-state index in [1.807, 2.05) is 0 Å². The molecule has 1 aromatic rings. The van der Waals surface area contributed by atoms with Gasteiger partial charge in [0.05, 0.1) is 23.8 Å². The molecule has 0 atom stereocenters. The number of sulfone groups is 1. The van der Waals surface area contributed by atoms with Crippen molar-refractivity contribution >= 4 is 27.1 Å². The average Bonchev–Trinajstić information content (AvgIpc) is 2.39. The zero-order valence-electron chi connectivity index (χ0n) is 11.1. The van der Waals surface area contributed by atoms with Crippen molar-refractivity contribution in [1.29, 1.82) is 0 Å². The molecular weight excluding hydrogens is 287 g/mol. The molecule has 0 unspecified atom stereocenters. The van der Waals surface area contributed by atoms with Gasteiger partial charge in [0.1, 0.15) is 5.82 Å². The number of hydrogen-bond acceptors (Lipinski definition) is 5. The first-order chi connectivity index (χ1) is 9.34. The maximum absolute atomic E-state index is 13.4. The number of hydrogen-bond donors (Lipinski definition) is 2. The topological polar surface area (TPSA) is 98.5 Å². The number of carbonyl (C=O) groups excluding carboxylic acids is 1. The van der Waals surface area contributed by atoms with Crippen LogP contribution in [0, 0.1) is 5.82 Å². The fraction of sp³-hybridized carbons (Fsp3) is 0.417. The van der Waals surface area contributed by atoms with E-state index in [0.29, 0.717) is 5.69 Å². The molecule has 20 heavy (non-hydrogen) atoms. The number of benzene rings is 1. The monoisotopic (exact) mass is 304 g/mol. The van der Waals surface area contributed by atoms with E-state index in [1.165, 1.54) is 19.2 Å². The number of halogens is 1. The molecular formula is C12H17FN2O4S. The van der Waals surface area contributed by atoms with Gasteiger partial charge in [-0.3, -0.25) is 4.79 Å². The number of rotatable bonds is 7. The highest BCUT2D eigenvalue weighted by Crippen LogP contribution is 2.17. The molecule has 8 heteroatoms. The molecule has 0 spiro atoms. The van der Waals surface area contributed by atoms with E-state index >= 15 is 0 Å². The van der Waals surface area contributed by atoms with Crippen LogP contribution in [0.25, 0.3) is 0 Å². The summed E-state index contributed by atoms with van der Waals surface area (Å²) in [5.74, 6) is -1.68. The van der Waals surface area contributed by atoms with Crippen molar-refractivity contribution in [2.45, 2.75) is 6.42 Å². The maximum Gasteiger partial charge on any atom is 0.225 e. The van der Waals surface area contributed by atoms with Crippen LogP contribution in [-0.4, -0.2) is 39.5 Å². The zero-order valence-corrected chi connectivity index (χ0v) is 11.9. The molecule has 6 nitrogen and oxygen atoms in total. The molecule has 0 aromatic heterocycles. The van der Waals surface area contributed by atoms with Gasteiger partial charge in [-0.2, -0.15) is 0 Å². The van der Waals surface area contributed by atoms with Gasteiger partial charge in [-0.05, 0) is 18.2 Å². The van der Waals surface area contributed by atoms with Crippen LogP contribution in [0.5, 0.6) is 0 Å². The summed E-state index contributed by atoms with van der Waals surface area (Å²) in [6.45, 7) is 0.0772. The van der Waals surface area contributed by atoms with Crippen LogP contribution in [-0.2, 0) is 19.4 Å². The average molecular weight is 304 g/mol. The smallest absolute Gasteiger partial charge is 0.225 e. The number of methoxy groups -OCH3 is 1. The van der Waals surface area contributed by atoms with E-state index in [-0.39, 0.29) is 30.2 Å². The summed E-state index contributed by atoms with van der Waals surface area (Å²) >= 11 is 0. The largest absolute Gasteiger partial charge is 0.399 e. The van der Waals surface area contributed by atoms with Crippen LogP contribution in [0.15, 0.2) is 18.2 Å². The van der Waals surface area contributed by atoms with Crippen LogP contribution in [0.2, 0.25) is 0 Å². The lowest BCUT2D eigenvalue weighted by atomic mass is 10.2. The normalized spacial score (nSPS) is 11.3. The summed E-state index contributed by atoms with van der Waals surface area (Å²) in [5, 5.41) is 2.29. The third-order valence-electron chi connectivity index (χ3n) is 2.50. The van der Waals surface area contributed by atoms with Gasteiger partial charge in [0.15, 0.2) is 9.84 Å². The molecule has 0 radical (unpaired) electrons. The Balaban J connectivity index is 2.54. The molecule has 112 valence electrons. The molecule has 1 amide bonds. The van der Waals surface area contributed by atoms with Crippen molar-refractivity contribution in [1.82, 2.24) is 0 Å². The summed E-state index contributed by atoms with van der Waals surface area (Å²) < 4.78 is 41.1. The Morgan fingerprint density at radius 2 is 2.10 bits per heavy atom. The van der Waals surface area contributed by atoms with Crippen LogP contribution in [0.3, 0.4) is 0 Å². The van der Waals surface area contributed by atoms with E-state index < -0.39 is 21.6 Å². The van der Waals surface area contributed by atoms with Gasteiger partial charge in [-0.1, -0.05) is 0 Å². The van der Waals surface area contributed by atoms with Crippen LogP contribution >= 0.6 is 0 Å². The number of nitrogens with two attached hydrogens (primary N) is 1. The third-order valence-corrected chi connectivity index (χ3v) is 4.12. The standard InChI is InChI=1S/C12H17FN2O4S/c1-19-5-7-20(17,18)6-4-12(16)15-11-8-9(14)2-3-10(11)13/h2-3,8H,4-7,14H2,1H3,(H,15,16). The Morgan fingerprint density at radius 3 is 2.75 bits per heavy atom. The number of nitrogen functional groups attached to an aromatic ring is 1. The highest BCUT2D eigenvalue weighted by molar-refractivity contribution is 7.91. The Morgan fingerprint density at radius 1 is 1.40 bits per heavy atom. The number of carbonyl (C=O) groups is 1. The zero-order chi connectivity index (χ0) is 15.2. The predicted molar refractivity (Wildman–Crippen MR) is 74.6 cm³/mol. The van der Waals surface area contributed by atoms with E-state index in [1.54, 1.807) is 0 Å². The number of nitrogens with one attached hydrogen (secondary N) is 1. The molecule has 0 aliphatic rings. The van der Waals surface area contributed by atoms with Crippen LogP contribution < -0.4 is 11.1 Å². The van der Waals surface area contributed by atoms with Crippen molar-refractivity contribution in [3.8, 4) is 0 Å². The second-order valence-corrected chi connectivity index (χ2v) is 6.49. The predicted octanol–water partition coefficient (Wildman–Crippen LogP) is 0.798. The molecule has 0 aliphatic heterocycles. The molecule has 0 bridgehead atoms. The first-order valence-corrected chi connectivity index (χ1v) is 7.70. The SMILES string of the molecule is COCCS(=O)(=O)CCC(=O)Nc1cc(N)ccc1F. The second kappa shape index (κ2) is 7.20. The molecule has 0 heterocycles. The Labute approximate surface area is 117 Å². The summed E-state index contributed by atoms with van der Waals surface area (Å²) in [4.78, 5) is 11.6. The lowest BCUT2D eigenvalue weighted by Crippen LogP contribution is -2.21. The number of anilines is 2. The fourth-order valence-electron chi connectivity index (χ4n) is 1.41. The molecule has 3 N–H and O–H groups in total. The van der Waals surface area contributed by atoms with Gasteiger partial charge >= 0.3 is 0 Å². The minimum atomic E-state index is -3.35. The van der Waals surface area contributed by atoms with Gasteiger partial charge in [0.25, 0.3) is 0 Å². The van der Waals surface area contributed by atoms with Gasteiger partial charge in [0, 0.05) is 19.2 Å². The Kier molecular flexibility index (Phi) is 5.90. The number of amides is 1. The van der Waals surface area contributed by atoms with E-state index in [4.69, 9.17) is 5.73 Å². The fourth-order valence-corrected chi connectivity index (χ4v) is 2.53. The minimum absolute atomic E-state index is 0.0655. The van der Waals surface area contributed by atoms with Gasteiger partial charge in [0.2, 0.25) is 5.91 Å². The van der Waals surface area contributed by atoms with Crippen LogP contribution in [0.1, 0.15) is 6.42 Å².